The van der Waals surface area contributed by atoms with Crippen molar-refractivity contribution in [3.05, 3.63) is 141 Å². The number of nitrogens with zero attached hydrogens (tertiary/aromatic N) is 7. The van der Waals surface area contributed by atoms with E-state index in [4.69, 9.17) is 9.47 Å². The topological polar surface area (TPSA) is 101 Å². The van der Waals surface area contributed by atoms with Gasteiger partial charge in [0.05, 0.1) is 11.5 Å². The van der Waals surface area contributed by atoms with E-state index in [1.54, 1.807) is 55.6 Å². The van der Waals surface area contributed by atoms with Gasteiger partial charge in [0.15, 0.2) is 0 Å². The first kappa shape index (κ1) is 31.9. The number of ether oxygens (including phenoxy) is 2. The van der Waals surface area contributed by atoms with Crippen molar-refractivity contribution >= 4 is 21.8 Å². The number of benzene rings is 2. The summed E-state index contributed by atoms with van der Waals surface area (Å²) in [7, 11) is 0. The molecule has 0 bridgehead atoms. The predicted molar refractivity (Wildman–Crippen MR) is 167 cm³/mol. The van der Waals surface area contributed by atoms with Gasteiger partial charge in [-0.05, 0) is 42.0 Å². The molecular formula is C36H19N7O2Pt2. The molecule has 0 fully saturated rings. The molecule has 0 radical (unpaired) electrons. The van der Waals surface area contributed by atoms with Gasteiger partial charge in [-0.3, -0.25) is 0 Å². The summed E-state index contributed by atoms with van der Waals surface area (Å²) in [6.45, 7) is 0. The summed E-state index contributed by atoms with van der Waals surface area (Å²) in [4.78, 5) is 26.5. The Morgan fingerprint density at radius 3 is 1.43 bits per heavy atom. The van der Waals surface area contributed by atoms with Gasteiger partial charge >= 0.3 is 42.1 Å². The molecule has 6 aromatic heterocycles. The smallest absolute Gasteiger partial charge is 0.501 e. The summed E-state index contributed by atoms with van der Waals surface area (Å²) in [5, 5.41) is 1.84. The third-order valence-corrected chi connectivity index (χ3v) is 6.91. The first-order chi connectivity index (χ1) is 22.3. The first-order valence-corrected chi connectivity index (χ1v) is 13.9. The van der Waals surface area contributed by atoms with Crippen molar-refractivity contribution in [2.45, 2.75) is 0 Å². The zero-order valence-corrected chi connectivity index (χ0v) is 28.6. The average Bonchev–Trinajstić information content (AvgIpc) is 3.42. The molecular weight excluding hydrogens is 953 g/mol. The van der Waals surface area contributed by atoms with Gasteiger partial charge in [-0.15, -0.1) is 35.4 Å². The van der Waals surface area contributed by atoms with Crippen LogP contribution in [0.1, 0.15) is 0 Å². The SMILES string of the molecule is [Pt+2].[Pt+2].[c-]1c(Oc2[c-]c3c(cc2)c2ccc(Oc4[c-]c(-c5ccccn5)cnc4)[c-]c2n3-c2ncccn2)cncc1-c1ccccn1. The summed E-state index contributed by atoms with van der Waals surface area (Å²) in [5.41, 5.74) is 4.37. The summed E-state index contributed by atoms with van der Waals surface area (Å²) in [5.74, 6) is 2.28. The molecule has 0 saturated carbocycles. The first-order valence-electron chi connectivity index (χ1n) is 13.9. The second-order valence-electron chi connectivity index (χ2n) is 9.81. The van der Waals surface area contributed by atoms with Gasteiger partial charge in [-0.2, -0.15) is 22.9 Å². The molecule has 0 aliphatic carbocycles. The molecule has 0 spiro atoms. The van der Waals surface area contributed by atoms with E-state index >= 15 is 0 Å². The Kier molecular flexibility index (Phi) is 9.57. The Hall–Kier alpha value is -5.10. The van der Waals surface area contributed by atoms with E-state index in [9.17, 15) is 0 Å². The van der Waals surface area contributed by atoms with Gasteiger partial charge in [-0.1, -0.05) is 59.8 Å². The third kappa shape index (κ3) is 6.59. The summed E-state index contributed by atoms with van der Waals surface area (Å²) < 4.78 is 14.2. The van der Waals surface area contributed by atoms with Crippen molar-refractivity contribution in [2.75, 3.05) is 0 Å². The molecule has 6 heterocycles. The normalized spacial score (nSPS) is 10.6. The number of rotatable bonds is 7. The van der Waals surface area contributed by atoms with Gasteiger partial charge in [-0.25, -0.2) is 9.97 Å². The van der Waals surface area contributed by atoms with Crippen LogP contribution in [0.3, 0.4) is 0 Å². The maximum absolute atomic E-state index is 6.18. The number of aromatic nitrogens is 7. The van der Waals surface area contributed by atoms with Crippen molar-refractivity contribution < 1.29 is 51.6 Å². The maximum Gasteiger partial charge on any atom is 2.00 e. The molecule has 0 aliphatic rings. The van der Waals surface area contributed by atoms with E-state index in [2.05, 4.69) is 54.2 Å². The summed E-state index contributed by atoms with van der Waals surface area (Å²) in [6, 6.07) is 34.1. The molecule has 8 aromatic rings. The minimum absolute atomic E-state index is 0. The van der Waals surface area contributed by atoms with E-state index in [0.717, 1.165) is 33.3 Å². The van der Waals surface area contributed by atoms with Gasteiger partial charge in [0.25, 0.3) is 0 Å². The van der Waals surface area contributed by atoms with Crippen molar-refractivity contribution in [2.24, 2.45) is 0 Å². The van der Waals surface area contributed by atoms with Gasteiger partial charge < -0.3 is 34.0 Å². The zero-order valence-electron chi connectivity index (χ0n) is 24.0. The van der Waals surface area contributed by atoms with Crippen LogP contribution in [-0.4, -0.2) is 34.5 Å². The molecule has 47 heavy (non-hydrogen) atoms. The number of hydrogen-bond donors (Lipinski definition) is 0. The molecule has 0 atom stereocenters. The van der Waals surface area contributed by atoms with E-state index in [1.807, 2.05) is 65.2 Å². The van der Waals surface area contributed by atoms with Crippen LogP contribution in [0.25, 0.3) is 50.3 Å². The molecule has 11 heteroatoms. The second-order valence-corrected chi connectivity index (χ2v) is 9.81. The van der Waals surface area contributed by atoms with Crippen molar-refractivity contribution in [3.8, 4) is 51.5 Å². The van der Waals surface area contributed by atoms with Gasteiger partial charge in [0.1, 0.15) is 0 Å². The predicted octanol–water partition coefficient (Wildman–Crippen LogP) is 7.27. The molecule has 0 aliphatic heterocycles. The Morgan fingerprint density at radius 1 is 0.468 bits per heavy atom. The largest absolute Gasteiger partial charge is 2.00 e. The van der Waals surface area contributed by atoms with Crippen LogP contribution in [0.15, 0.2) is 116 Å². The fraction of sp³-hybridized carbons (Fsp3) is 0. The Morgan fingerprint density at radius 2 is 0.957 bits per heavy atom. The van der Waals surface area contributed by atoms with Gasteiger partial charge in [0, 0.05) is 36.3 Å². The van der Waals surface area contributed by atoms with Crippen LogP contribution in [0, 0.1) is 24.3 Å². The van der Waals surface area contributed by atoms with E-state index in [-0.39, 0.29) is 42.1 Å². The number of fused-ring (bicyclic) bond motifs is 3. The fourth-order valence-electron chi connectivity index (χ4n) is 4.95. The molecule has 2 aromatic carbocycles. The molecule has 0 N–H and O–H groups in total. The maximum atomic E-state index is 6.18. The Balaban J connectivity index is 0.00000193. The Bertz CT molecular complexity index is 2150. The molecule has 9 nitrogen and oxygen atoms in total. The van der Waals surface area contributed by atoms with Crippen LogP contribution in [0.5, 0.6) is 23.0 Å². The number of hydrogen-bond acceptors (Lipinski definition) is 8. The fourth-order valence-corrected chi connectivity index (χ4v) is 4.95. The van der Waals surface area contributed by atoms with E-state index in [1.165, 1.54) is 0 Å². The molecule has 0 amide bonds. The molecule has 0 saturated heterocycles. The minimum Gasteiger partial charge on any atom is -0.501 e. The van der Waals surface area contributed by atoms with Crippen molar-refractivity contribution in [1.29, 1.82) is 0 Å². The minimum atomic E-state index is 0. The average molecular weight is 972 g/mol. The van der Waals surface area contributed by atoms with Crippen LogP contribution in [0.4, 0.5) is 0 Å². The standard InChI is InChI=1S/C36H19N7O2.2Pt/c1-3-12-39-32(6-1)24-16-28(22-37-20-24)44-26-8-10-30-31-11-9-27(19-35(31)43(34(30)18-26)36-41-14-5-15-42-36)45-29-17-25(21-38-23-29)33-7-2-4-13-40-33;;/h1-15,20-23H;;/q-4;2*+2. The summed E-state index contributed by atoms with van der Waals surface area (Å²) in [6.07, 6.45) is 13.4. The van der Waals surface area contributed by atoms with Crippen LogP contribution < -0.4 is 9.47 Å². The molecule has 230 valence electrons. The van der Waals surface area contributed by atoms with Gasteiger partial charge in [0.2, 0.25) is 5.95 Å². The summed E-state index contributed by atoms with van der Waals surface area (Å²) >= 11 is 0. The molecule has 8 rings (SSSR count). The Labute approximate surface area is 298 Å². The zero-order chi connectivity index (χ0) is 30.0. The van der Waals surface area contributed by atoms with E-state index < -0.39 is 0 Å². The quantitative estimate of drug-likeness (QED) is 0.154. The molecule has 0 unspecified atom stereocenters. The second kappa shape index (κ2) is 14.1. The van der Waals surface area contributed by atoms with E-state index in [0.29, 0.717) is 40.0 Å². The number of pyridine rings is 4. The van der Waals surface area contributed by atoms with Crippen molar-refractivity contribution in [3.63, 3.8) is 0 Å². The van der Waals surface area contributed by atoms with Crippen molar-refractivity contribution in [1.82, 2.24) is 34.5 Å². The monoisotopic (exact) mass is 971 g/mol. The van der Waals surface area contributed by atoms with Crippen LogP contribution >= 0.6 is 0 Å². The van der Waals surface area contributed by atoms with Crippen LogP contribution in [0.2, 0.25) is 0 Å². The van der Waals surface area contributed by atoms with Crippen LogP contribution in [-0.2, 0) is 42.1 Å². The third-order valence-electron chi connectivity index (χ3n) is 6.91.